The van der Waals surface area contributed by atoms with Crippen LogP contribution in [0.4, 0.5) is 11.4 Å². The number of nitro benzene ring substituents is 1. The molecule has 0 aliphatic carbocycles. The van der Waals surface area contributed by atoms with E-state index in [1.807, 2.05) is 49.4 Å². The molecule has 0 aromatic heterocycles. The summed E-state index contributed by atoms with van der Waals surface area (Å²) in [5, 5.41) is 23.0. The van der Waals surface area contributed by atoms with Gasteiger partial charge >= 0.3 is 0 Å². The lowest BCUT2D eigenvalue weighted by Gasteiger charge is -2.12. The summed E-state index contributed by atoms with van der Waals surface area (Å²) in [6, 6.07) is 17.5. The smallest absolute Gasteiger partial charge is 0.289 e. The Bertz CT molecular complexity index is 1310. The van der Waals surface area contributed by atoms with Crippen LogP contribution >= 0.6 is 56.8 Å². The maximum absolute atomic E-state index is 12.6. The molecule has 34 heavy (non-hydrogen) atoms. The van der Waals surface area contributed by atoms with Gasteiger partial charge in [-0.15, -0.1) is 0 Å². The van der Waals surface area contributed by atoms with Crippen molar-refractivity contribution >= 4 is 80.1 Å². The minimum Gasteiger partial charge on any atom is -0.487 e. The van der Waals surface area contributed by atoms with Gasteiger partial charge in [0.05, 0.1) is 12.1 Å². The number of anilines is 1. The first-order valence-electron chi connectivity index (χ1n) is 9.72. The number of nitro groups is 1. The Hall–Kier alpha value is -2.69. The summed E-state index contributed by atoms with van der Waals surface area (Å²) >= 11 is 10.1. The molecule has 172 valence electrons. The second kappa shape index (κ2) is 11.6. The largest absolute Gasteiger partial charge is 0.487 e. The number of nitrogens with one attached hydrogen (secondary N) is 1. The van der Waals surface area contributed by atoms with E-state index >= 15 is 0 Å². The summed E-state index contributed by atoms with van der Waals surface area (Å²) in [5.41, 5.74) is 2.53. The molecule has 0 saturated heterocycles. The van der Waals surface area contributed by atoms with Crippen molar-refractivity contribution in [2.24, 2.45) is 0 Å². The van der Waals surface area contributed by atoms with Gasteiger partial charge in [0, 0.05) is 11.8 Å². The van der Waals surface area contributed by atoms with E-state index in [4.69, 9.17) is 16.3 Å². The average Bonchev–Trinajstić information content (AvgIpc) is 2.79. The van der Waals surface area contributed by atoms with E-state index in [0.29, 0.717) is 12.2 Å². The molecule has 3 rings (SSSR count). The standard InChI is InChI=1S/C24H16ClI2N3O4/c1-14-2-4-15(5-3-14)13-34-23-20(26)9-16(10-21(23)27)8-17(12-28)24(31)29-18-6-7-19(25)22(11-18)30(32)33/h2-11H,13H2,1H3,(H,29,31)/b17-8+. The van der Waals surface area contributed by atoms with Crippen molar-refractivity contribution in [1.82, 2.24) is 0 Å². The minimum atomic E-state index is -0.691. The second-order valence-electron chi connectivity index (χ2n) is 7.14. The third-order valence-corrected chi connectivity index (χ3v) is 6.52. The SMILES string of the molecule is Cc1ccc(COc2c(I)cc(/C=C(\C#N)C(=O)Nc3ccc(Cl)c([N+](=O)[O-])c3)cc2I)cc1. The number of ether oxygens (including phenoxy) is 1. The van der Waals surface area contributed by atoms with Gasteiger partial charge in [-0.25, -0.2) is 0 Å². The Kier molecular flexibility index (Phi) is 8.87. The van der Waals surface area contributed by atoms with Crippen molar-refractivity contribution in [1.29, 1.82) is 5.26 Å². The molecule has 0 spiro atoms. The van der Waals surface area contributed by atoms with Gasteiger partial charge in [0.25, 0.3) is 11.6 Å². The summed E-state index contributed by atoms with van der Waals surface area (Å²) in [4.78, 5) is 23.0. The number of nitriles is 1. The average molecular weight is 700 g/mol. The highest BCUT2D eigenvalue weighted by Crippen LogP contribution is 2.31. The first kappa shape index (κ1) is 25.9. The third-order valence-electron chi connectivity index (χ3n) is 4.60. The van der Waals surface area contributed by atoms with Crippen molar-refractivity contribution in [2.75, 3.05) is 5.32 Å². The number of rotatable bonds is 7. The van der Waals surface area contributed by atoms with Gasteiger partial charge in [0.2, 0.25) is 0 Å². The topological polar surface area (TPSA) is 105 Å². The predicted molar refractivity (Wildman–Crippen MR) is 148 cm³/mol. The summed E-state index contributed by atoms with van der Waals surface area (Å²) in [5.74, 6) is 0.0270. The third kappa shape index (κ3) is 6.68. The lowest BCUT2D eigenvalue weighted by atomic mass is 10.1. The van der Waals surface area contributed by atoms with Crippen LogP contribution in [0.1, 0.15) is 16.7 Å². The second-order valence-corrected chi connectivity index (χ2v) is 9.87. The zero-order valence-electron chi connectivity index (χ0n) is 17.6. The van der Waals surface area contributed by atoms with Crippen LogP contribution in [0, 0.1) is 35.5 Å². The number of hydrogen-bond donors (Lipinski definition) is 1. The number of halogens is 3. The van der Waals surface area contributed by atoms with Gasteiger partial charge in [-0.3, -0.25) is 14.9 Å². The minimum absolute atomic E-state index is 0.0483. The highest BCUT2D eigenvalue weighted by molar-refractivity contribution is 14.1. The molecule has 7 nitrogen and oxygen atoms in total. The summed E-state index contributed by atoms with van der Waals surface area (Å²) < 4.78 is 7.66. The summed E-state index contributed by atoms with van der Waals surface area (Å²) in [7, 11) is 0. The lowest BCUT2D eigenvalue weighted by Crippen LogP contribution is -2.13. The van der Waals surface area contributed by atoms with Gasteiger partial charge in [-0.1, -0.05) is 41.4 Å². The van der Waals surface area contributed by atoms with Crippen LogP contribution in [0.5, 0.6) is 5.75 Å². The normalized spacial score (nSPS) is 11.0. The van der Waals surface area contributed by atoms with Crippen molar-refractivity contribution < 1.29 is 14.5 Å². The van der Waals surface area contributed by atoms with Crippen LogP contribution in [0.2, 0.25) is 5.02 Å². The Morgan fingerprint density at radius 1 is 1.18 bits per heavy atom. The van der Waals surface area contributed by atoms with E-state index in [-0.39, 0.29) is 22.0 Å². The quantitative estimate of drug-likeness (QED) is 0.0951. The number of hydrogen-bond acceptors (Lipinski definition) is 5. The van der Waals surface area contributed by atoms with E-state index in [0.717, 1.165) is 24.5 Å². The van der Waals surface area contributed by atoms with Crippen molar-refractivity contribution in [3.8, 4) is 11.8 Å². The van der Waals surface area contributed by atoms with E-state index in [2.05, 4.69) is 50.5 Å². The van der Waals surface area contributed by atoms with Gasteiger partial charge in [-0.05, 0) is 93.6 Å². The molecule has 10 heteroatoms. The molecule has 1 amide bonds. The molecule has 3 aromatic carbocycles. The molecule has 0 unspecified atom stereocenters. The van der Waals surface area contributed by atoms with Gasteiger partial charge in [0.15, 0.2) is 0 Å². The molecule has 1 N–H and O–H groups in total. The Balaban J connectivity index is 1.78. The summed E-state index contributed by atoms with van der Waals surface area (Å²) in [6.07, 6.45) is 1.45. The molecular formula is C24H16ClI2N3O4. The van der Waals surface area contributed by atoms with Crippen LogP contribution in [0.25, 0.3) is 6.08 Å². The molecule has 0 saturated carbocycles. The van der Waals surface area contributed by atoms with E-state index in [9.17, 15) is 20.2 Å². The van der Waals surface area contributed by atoms with Crippen LogP contribution in [0.3, 0.4) is 0 Å². The molecule has 0 aliphatic heterocycles. The van der Waals surface area contributed by atoms with Gasteiger partial charge in [-0.2, -0.15) is 5.26 Å². The van der Waals surface area contributed by atoms with Gasteiger partial charge in [0.1, 0.15) is 29.0 Å². The van der Waals surface area contributed by atoms with E-state index in [1.165, 1.54) is 23.8 Å². The number of aryl methyl sites for hydroxylation is 1. The maximum atomic E-state index is 12.6. The Labute approximate surface area is 228 Å². The first-order chi connectivity index (χ1) is 16.2. The number of carbonyl (C=O) groups excluding carboxylic acids is 1. The monoisotopic (exact) mass is 699 g/mol. The molecule has 0 bridgehead atoms. The lowest BCUT2D eigenvalue weighted by molar-refractivity contribution is -0.384. The number of benzene rings is 3. The van der Waals surface area contributed by atoms with Crippen LogP contribution in [-0.2, 0) is 11.4 Å². The van der Waals surface area contributed by atoms with Crippen molar-refractivity contribution in [2.45, 2.75) is 13.5 Å². The zero-order chi connectivity index (χ0) is 24.8. The molecule has 0 atom stereocenters. The predicted octanol–water partition coefficient (Wildman–Crippen LogP) is 6.89. The highest BCUT2D eigenvalue weighted by atomic mass is 127. The van der Waals surface area contributed by atoms with Crippen LogP contribution in [-0.4, -0.2) is 10.8 Å². The van der Waals surface area contributed by atoms with Crippen molar-refractivity contribution in [3.05, 3.63) is 99.1 Å². The first-order valence-corrected chi connectivity index (χ1v) is 12.3. The van der Waals surface area contributed by atoms with Crippen LogP contribution < -0.4 is 10.1 Å². The molecule has 0 fully saturated rings. The van der Waals surface area contributed by atoms with E-state index in [1.54, 1.807) is 0 Å². The zero-order valence-corrected chi connectivity index (χ0v) is 22.7. The highest BCUT2D eigenvalue weighted by Gasteiger charge is 2.16. The maximum Gasteiger partial charge on any atom is 0.289 e. The molecule has 0 radical (unpaired) electrons. The van der Waals surface area contributed by atoms with Crippen molar-refractivity contribution in [3.63, 3.8) is 0 Å². The molecule has 3 aromatic rings. The molecule has 0 aliphatic rings. The molecule has 0 heterocycles. The fraction of sp³-hybridized carbons (Fsp3) is 0.0833. The van der Waals surface area contributed by atoms with Crippen LogP contribution in [0.15, 0.2) is 60.2 Å². The fourth-order valence-corrected chi connectivity index (χ4v) is 5.20. The summed E-state index contributed by atoms with van der Waals surface area (Å²) in [6.45, 7) is 2.44. The Morgan fingerprint density at radius 2 is 1.82 bits per heavy atom. The molecular weight excluding hydrogens is 684 g/mol. The number of carbonyl (C=O) groups is 1. The van der Waals surface area contributed by atoms with Gasteiger partial charge < -0.3 is 10.1 Å². The Morgan fingerprint density at radius 3 is 2.41 bits per heavy atom. The fourth-order valence-electron chi connectivity index (χ4n) is 2.88. The number of amides is 1. The van der Waals surface area contributed by atoms with E-state index < -0.39 is 10.8 Å². The number of nitrogens with zero attached hydrogens (tertiary/aromatic N) is 2.